The summed E-state index contributed by atoms with van der Waals surface area (Å²) in [6, 6.07) is 6.52. The molecule has 2 aromatic rings. The number of hydrogen-bond acceptors (Lipinski definition) is 4. The highest BCUT2D eigenvalue weighted by Crippen LogP contribution is 2.44. The van der Waals surface area contributed by atoms with Gasteiger partial charge in [0, 0.05) is 17.5 Å². The number of aliphatic carboxylic acids is 1. The van der Waals surface area contributed by atoms with Crippen LogP contribution in [0.2, 0.25) is 0 Å². The lowest BCUT2D eigenvalue weighted by molar-refractivity contribution is -0.140. The van der Waals surface area contributed by atoms with Crippen LogP contribution in [0.25, 0.3) is 0 Å². The van der Waals surface area contributed by atoms with Crippen molar-refractivity contribution in [1.29, 1.82) is 0 Å². The SMILES string of the molecule is O=C(O)C1c2ccccc2C(=O)N(CC2CC2)C1c1cscn1. The van der Waals surface area contributed by atoms with Crippen molar-refractivity contribution in [2.24, 2.45) is 5.92 Å². The lowest BCUT2D eigenvalue weighted by Crippen LogP contribution is -2.45. The van der Waals surface area contributed by atoms with Gasteiger partial charge in [0.15, 0.2) is 0 Å². The molecule has 0 saturated heterocycles. The second kappa shape index (κ2) is 5.45. The van der Waals surface area contributed by atoms with Crippen molar-refractivity contribution in [3.8, 4) is 0 Å². The Morgan fingerprint density at radius 1 is 1.35 bits per heavy atom. The fourth-order valence-electron chi connectivity index (χ4n) is 3.34. The van der Waals surface area contributed by atoms with E-state index in [-0.39, 0.29) is 5.91 Å². The zero-order valence-electron chi connectivity index (χ0n) is 12.4. The minimum atomic E-state index is -0.913. The lowest BCUT2D eigenvalue weighted by Gasteiger charge is -2.39. The molecule has 1 aromatic heterocycles. The fraction of sp³-hybridized carbons (Fsp3) is 0.353. The van der Waals surface area contributed by atoms with Crippen LogP contribution in [0.4, 0.5) is 0 Å². The van der Waals surface area contributed by atoms with Gasteiger partial charge < -0.3 is 10.0 Å². The predicted octanol–water partition coefficient (Wildman–Crippen LogP) is 2.92. The van der Waals surface area contributed by atoms with Crippen LogP contribution in [0.1, 0.15) is 46.4 Å². The highest BCUT2D eigenvalue weighted by molar-refractivity contribution is 7.07. The third-order valence-electron chi connectivity index (χ3n) is 4.61. The van der Waals surface area contributed by atoms with Crippen LogP contribution in [0.5, 0.6) is 0 Å². The summed E-state index contributed by atoms with van der Waals surface area (Å²) < 4.78 is 0. The molecule has 1 saturated carbocycles. The molecule has 6 heteroatoms. The van der Waals surface area contributed by atoms with Gasteiger partial charge in [-0.1, -0.05) is 18.2 Å². The summed E-state index contributed by atoms with van der Waals surface area (Å²) in [7, 11) is 0. The number of rotatable bonds is 4. The van der Waals surface area contributed by atoms with Crippen LogP contribution in [0.15, 0.2) is 35.2 Å². The van der Waals surface area contributed by atoms with E-state index in [0.29, 0.717) is 29.3 Å². The van der Waals surface area contributed by atoms with E-state index in [4.69, 9.17) is 0 Å². The maximum absolute atomic E-state index is 13.0. The first-order valence-corrected chi connectivity index (χ1v) is 8.62. The van der Waals surface area contributed by atoms with Gasteiger partial charge >= 0.3 is 5.97 Å². The largest absolute Gasteiger partial charge is 0.481 e. The molecule has 2 unspecified atom stereocenters. The van der Waals surface area contributed by atoms with Crippen molar-refractivity contribution in [1.82, 2.24) is 9.88 Å². The van der Waals surface area contributed by atoms with Gasteiger partial charge in [-0.25, -0.2) is 4.98 Å². The van der Waals surface area contributed by atoms with E-state index >= 15 is 0 Å². The molecule has 5 nitrogen and oxygen atoms in total. The molecule has 1 fully saturated rings. The Kier molecular flexibility index (Phi) is 3.41. The molecule has 0 radical (unpaired) electrons. The van der Waals surface area contributed by atoms with Crippen LogP contribution in [-0.2, 0) is 4.79 Å². The molecule has 2 heterocycles. The minimum Gasteiger partial charge on any atom is -0.481 e. The summed E-state index contributed by atoms with van der Waals surface area (Å²) in [5.74, 6) is -1.28. The lowest BCUT2D eigenvalue weighted by atomic mass is 9.81. The molecular formula is C17H16N2O3S. The Labute approximate surface area is 137 Å². The Balaban J connectivity index is 1.87. The number of nitrogens with zero attached hydrogens (tertiary/aromatic N) is 2. The summed E-state index contributed by atoms with van der Waals surface area (Å²) in [6.07, 6.45) is 2.21. The van der Waals surface area contributed by atoms with Crippen molar-refractivity contribution in [3.05, 3.63) is 52.0 Å². The molecular weight excluding hydrogens is 312 g/mol. The second-order valence-electron chi connectivity index (χ2n) is 6.16. The molecule has 2 aliphatic rings. The second-order valence-corrected chi connectivity index (χ2v) is 6.88. The van der Waals surface area contributed by atoms with Crippen molar-refractivity contribution < 1.29 is 14.7 Å². The van der Waals surface area contributed by atoms with Crippen LogP contribution in [0, 0.1) is 5.92 Å². The molecule has 118 valence electrons. The van der Waals surface area contributed by atoms with Crippen LogP contribution in [0.3, 0.4) is 0 Å². The van der Waals surface area contributed by atoms with E-state index in [1.165, 1.54) is 11.3 Å². The van der Waals surface area contributed by atoms with Gasteiger partial charge in [0.2, 0.25) is 0 Å². The molecule has 23 heavy (non-hydrogen) atoms. The Morgan fingerprint density at radius 2 is 2.13 bits per heavy atom. The average Bonchev–Trinajstić information content (AvgIpc) is 3.20. The number of carboxylic acid groups (broad SMARTS) is 1. The van der Waals surface area contributed by atoms with Gasteiger partial charge in [0.1, 0.15) is 5.92 Å². The van der Waals surface area contributed by atoms with Gasteiger partial charge in [-0.05, 0) is 30.4 Å². The Hall–Kier alpha value is -2.21. The standard InChI is InChI=1S/C17H16N2O3S/c20-16-12-4-2-1-3-11(12)14(17(21)22)15(13-8-23-9-18-13)19(16)7-10-5-6-10/h1-4,8-10,14-15H,5-7H2,(H,21,22). The normalized spacial score (nSPS) is 23.7. The summed E-state index contributed by atoms with van der Waals surface area (Å²) in [4.78, 5) is 31.0. The summed E-state index contributed by atoms with van der Waals surface area (Å²) in [5.41, 5.74) is 3.46. The van der Waals surface area contributed by atoms with Crippen molar-refractivity contribution in [3.63, 3.8) is 0 Å². The van der Waals surface area contributed by atoms with E-state index in [9.17, 15) is 14.7 Å². The molecule has 4 rings (SSSR count). The zero-order valence-corrected chi connectivity index (χ0v) is 13.2. The number of fused-ring (bicyclic) bond motifs is 1. The number of thiazole rings is 1. The predicted molar refractivity (Wildman–Crippen MR) is 85.4 cm³/mol. The van der Waals surface area contributed by atoms with Crippen LogP contribution < -0.4 is 0 Å². The molecule has 0 spiro atoms. The monoisotopic (exact) mass is 328 g/mol. The van der Waals surface area contributed by atoms with Crippen molar-refractivity contribution in [2.75, 3.05) is 6.54 Å². The minimum absolute atomic E-state index is 0.0806. The van der Waals surface area contributed by atoms with E-state index in [0.717, 1.165) is 12.8 Å². The van der Waals surface area contributed by atoms with Gasteiger partial charge in [-0.3, -0.25) is 9.59 Å². The number of amides is 1. The first kappa shape index (κ1) is 14.4. The molecule has 1 N–H and O–H groups in total. The molecule has 1 aromatic carbocycles. The number of benzene rings is 1. The number of hydrogen-bond donors (Lipinski definition) is 1. The summed E-state index contributed by atoms with van der Waals surface area (Å²) in [6.45, 7) is 0.610. The van der Waals surface area contributed by atoms with Crippen LogP contribution in [-0.4, -0.2) is 33.4 Å². The summed E-state index contributed by atoms with van der Waals surface area (Å²) in [5, 5.41) is 11.7. The maximum atomic E-state index is 13.0. The van der Waals surface area contributed by atoms with Gasteiger partial charge in [-0.2, -0.15) is 0 Å². The van der Waals surface area contributed by atoms with E-state index < -0.39 is 17.9 Å². The molecule has 1 amide bonds. The van der Waals surface area contributed by atoms with Gasteiger partial charge in [-0.15, -0.1) is 11.3 Å². The number of carboxylic acids is 1. The van der Waals surface area contributed by atoms with Crippen molar-refractivity contribution in [2.45, 2.75) is 24.8 Å². The quantitative estimate of drug-likeness (QED) is 0.937. The molecule has 2 atom stereocenters. The molecule has 1 aliphatic carbocycles. The topological polar surface area (TPSA) is 70.5 Å². The first-order valence-electron chi connectivity index (χ1n) is 7.67. The van der Waals surface area contributed by atoms with Gasteiger partial charge in [0.25, 0.3) is 5.91 Å². The van der Waals surface area contributed by atoms with Crippen LogP contribution >= 0.6 is 11.3 Å². The van der Waals surface area contributed by atoms with Crippen molar-refractivity contribution >= 4 is 23.2 Å². The van der Waals surface area contributed by atoms with E-state index in [1.54, 1.807) is 34.7 Å². The number of aromatic nitrogens is 1. The Morgan fingerprint density at radius 3 is 2.78 bits per heavy atom. The highest BCUT2D eigenvalue weighted by atomic mass is 32.1. The number of carbonyl (C=O) groups excluding carboxylic acids is 1. The first-order chi connectivity index (χ1) is 11.2. The Bertz CT molecular complexity index is 755. The molecule has 0 bridgehead atoms. The zero-order chi connectivity index (χ0) is 16.0. The van der Waals surface area contributed by atoms with E-state index in [2.05, 4.69) is 4.98 Å². The third-order valence-corrected chi connectivity index (χ3v) is 5.22. The van der Waals surface area contributed by atoms with E-state index in [1.807, 2.05) is 5.38 Å². The number of carbonyl (C=O) groups is 2. The van der Waals surface area contributed by atoms with Gasteiger partial charge in [0.05, 0.1) is 17.2 Å². The fourth-order valence-corrected chi connectivity index (χ4v) is 3.92. The average molecular weight is 328 g/mol. The third kappa shape index (κ3) is 2.43. The molecule has 1 aliphatic heterocycles. The smallest absolute Gasteiger partial charge is 0.313 e. The maximum Gasteiger partial charge on any atom is 0.313 e. The summed E-state index contributed by atoms with van der Waals surface area (Å²) >= 11 is 1.42. The highest BCUT2D eigenvalue weighted by Gasteiger charge is 2.46.